The van der Waals surface area contributed by atoms with Gasteiger partial charge < -0.3 is 10.1 Å². The van der Waals surface area contributed by atoms with E-state index in [4.69, 9.17) is 0 Å². The van der Waals surface area contributed by atoms with Crippen LogP contribution in [0, 0.1) is 13.8 Å². The third kappa shape index (κ3) is 3.53. The Morgan fingerprint density at radius 2 is 2.20 bits per heavy atom. The molecule has 2 aromatic rings. The van der Waals surface area contributed by atoms with E-state index >= 15 is 0 Å². The maximum atomic E-state index is 11.4. The number of carbonyl (C=O) groups excluding carboxylic acids is 1. The highest BCUT2D eigenvalue weighted by Gasteiger charge is 2.11. The van der Waals surface area contributed by atoms with Crippen molar-refractivity contribution in [3.63, 3.8) is 0 Å². The molecular weight excluding hydrogens is 258 g/mol. The smallest absolute Gasteiger partial charge is 0.376 e. The lowest BCUT2D eigenvalue weighted by Gasteiger charge is -2.07. The molecule has 20 heavy (non-hydrogen) atoms. The van der Waals surface area contributed by atoms with Crippen molar-refractivity contribution in [3.8, 4) is 0 Å². The third-order valence-electron chi connectivity index (χ3n) is 2.63. The first kappa shape index (κ1) is 14.0. The van der Waals surface area contributed by atoms with Crippen LogP contribution in [-0.4, -0.2) is 39.4 Å². The van der Waals surface area contributed by atoms with Crippen LogP contribution in [0.4, 0.5) is 5.82 Å². The van der Waals surface area contributed by atoms with Gasteiger partial charge in [-0.05, 0) is 19.4 Å². The lowest BCUT2D eigenvalue weighted by molar-refractivity contribution is 0.0586. The zero-order valence-corrected chi connectivity index (χ0v) is 11.8. The summed E-state index contributed by atoms with van der Waals surface area (Å²) in [6.07, 6.45) is 3.77. The highest BCUT2D eigenvalue weighted by atomic mass is 16.5. The summed E-state index contributed by atoms with van der Waals surface area (Å²) in [5.74, 6) is 0.117. The van der Waals surface area contributed by atoms with Crippen LogP contribution in [0.5, 0.6) is 0 Å². The molecular formula is C13H17N5O2. The Bertz CT molecular complexity index is 609. The third-order valence-corrected chi connectivity index (χ3v) is 2.63. The standard InChI is InChI=1S/C13H17N5O2/c1-9-7-15-18(8-9)5-4-14-11-6-10(2)16-12(17-11)13(19)20-3/h6-8H,4-5H2,1-3H3,(H,14,16,17). The zero-order chi connectivity index (χ0) is 14.5. The number of hydrogen-bond acceptors (Lipinski definition) is 6. The fraction of sp³-hybridized carbons (Fsp3) is 0.385. The second kappa shape index (κ2) is 6.14. The number of aryl methyl sites for hydroxylation is 2. The number of ether oxygens (including phenoxy) is 1. The van der Waals surface area contributed by atoms with E-state index < -0.39 is 5.97 Å². The van der Waals surface area contributed by atoms with Gasteiger partial charge in [-0.2, -0.15) is 5.10 Å². The van der Waals surface area contributed by atoms with Crippen molar-refractivity contribution in [3.05, 3.63) is 35.5 Å². The van der Waals surface area contributed by atoms with Crippen molar-refractivity contribution in [1.29, 1.82) is 0 Å². The van der Waals surface area contributed by atoms with Gasteiger partial charge in [0.1, 0.15) is 5.82 Å². The maximum Gasteiger partial charge on any atom is 0.376 e. The average Bonchev–Trinajstić information content (AvgIpc) is 2.83. The summed E-state index contributed by atoms with van der Waals surface area (Å²) >= 11 is 0. The second-order valence-electron chi connectivity index (χ2n) is 4.42. The molecule has 2 heterocycles. The number of nitrogens with one attached hydrogen (secondary N) is 1. The van der Waals surface area contributed by atoms with E-state index in [1.165, 1.54) is 7.11 Å². The monoisotopic (exact) mass is 275 g/mol. The van der Waals surface area contributed by atoms with Crippen LogP contribution < -0.4 is 5.32 Å². The first-order valence-electron chi connectivity index (χ1n) is 6.25. The van der Waals surface area contributed by atoms with Crippen LogP contribution in [0.25, 0.3) is 0 Å². The summed E-state index contributed by atoms with van der Waals surface area (Å²) < 4.78 is 6.46. The quantitative estimate of drug-likeness (QED) is 0.825. The van der Waals surface area contributed by atoms with Gasteiger partial charge in [-0.1, -0.05) is 0 Å². The number of anilines is 1. The molecule has 7 heteroatoms. The van der Waals surface area contributed by atoms with Gasteiger partial charge in [0.2, 0.25) is 5.82 Å². The molecule has 0 spiro atoms. The predicted molar refractivity (Wildman–Crippen MR) is 73.6 cm³/mol. The number of aromatic nitrogens is 4. The summed E-state index contributed by atoms with van der Waals surface area (Å²) in [4.78, 5) is 19.6. The number of esters is 1. The molecule has 0 saturated carbocycles. The van der Waals surface area contributed by atoms with Gasteiger partial charge >= 0.3 is 5.97 Å². The molecule has 0 unspecified atom stereocenters. The molecule has 0 aliphatic carbocycles. The van der Waals surface area contributed by atoms with E-state index in [0.29, 0.717) is 24.6 Å². The number of rotatable bonds is 5. The molecule has 0 aliphatic heterocycles. The molecule has 2 aromatic heterocycles. The van der Waals surface area contributed by atoms with Crippen molar-refractivity contribution in [2.24, 2.45) is 0 Å². The van der Waals surface area contributed by atoms with Crippen LogP contribution >= 0.6 is 0 Å². The molecule has 0 aromatic carbocycles. The minimum Gasteiger partial charge on any atom is -0.463 e. The largest absolute Gasteiger partial charge is 0.463 e. The van der Waals surface area contributed by atoms with E-state index in [-0.39, 0.29) is 5.82 Å². The fourth-order valence-corrected chi connectivity index (χ4v) is 1.73. The molecule has 0 aliphatic rings. The van der Waals surface area contributed by atoms with Gasteiger partial charge in [0.05, 0.1) is 19.9 Å². The molecule has 0 atom stereocenters. The summed E-state index contributed by atoms with van der Waals surface area (Å²) in [6.45, 7) is 5.16. The number of hydrogen-bond donors (Lipinski definition) is 1. The Balaban J connectivity index is 1.98. The van der Waals surface area contributed by atoms with Crippen LogP contribution in [0.1, 0.15) is 21.9 Å². The summed E-state index contributed by atoms with van der Waals surface area (Å²) in [7, 11) is 1.31. The molecule has 0 fully saturated rings. The molecule has 0 saturated heterocycles. The van der Waals surface area contributed by atoms with Crippen molar-refractivity contribution in [1.82, 2.24) is 19.7 Å². The van der Waals surface area contributed by atoms with Crippen LogP contribution in [0.15, 0.2) is 18.5 Å². The Labute approximate surface area is 117 Å². The molecule has 7 nitrogen and oxygen atoms in total. The molecule has 0 bridgehead atoms. The Kier molecular flexibility index (Phi) is 4.29. The van der Waals surface area contributed by atoms with Crippen molar-refractivity contribution < 1.29 is 9.53 Å². The molecule has 2 rings (SSSR count). The lowest BCUT2D eigenvalue weighted by Crippen LogP contribution is -2.14. The summed E-state index contributed by atoms with van der Waals surface area (Å²) in [5.41, 5.74) is 1.83. The first-order chi connectivity index (χ1) is 9.58. The van der Waals surface area contributed by atoms with Gasteiger partial charge in [0, 0.05) is 24.5 Å². The highest BCUT2D eigenvalue weighted by molar-refractivity contribution is 5.85. The first-order valence-corrected chi connectivity index (χ1v) is 6.25. The lowest BCUT2D eigenvalue weighted by atomic mass is 10.4. The van der Waals surface area contributed by atoms with Crippen molar-refractivity contribution in [2.45, 2.75) is 20.4 Å². The average molecular weight is 275 g/mol. The Morgan fingerprint density at radius 1 is 1.40 bits per heavy atom. The van der Waals surface area contributed by atoms with E-state index in [1.807, 2.05) is 24.0 Å². The Hall–Kier alpha value is -2.44. The van der Waals surface area contributed by atoms with Gasteiger partial charge in [0.25, 0.3) is 0 Å². The minimum absolute atomic E-state index is 0.0601. The highest BCUT2D eigenvalue weighted by Crippen LogP contribution is 2.07. The topological polar surface area (TPSA) is 81.9 Å². The SMILES string of the molecule is COC(=O)c1nc(C)cc(NCCn2cc(C)cn2)n1. The van der Waals surface area contributed by atoms with Crippen molar-refractivity contribution in [2.75, 3.05) is 19.0 Å². The molecule has 0 radical (unpaired) electrons. The summed E-state index contributed by atoms with van der Waals surface area (Å²) in [5, 5.41) is 7.34. The normalized spacial score (nSPS) is 10.3. The number of methoxy groups -OCH3 is 1. The van der Waals surface area contributed by atoms with Gasteiger partial charge in [-0.15, -0.1) is 0 Å². The Morgan fingerprint density at radius 3 is 2.85 bits per heavy atom. The molecule has 0 amide bonds. The van der Waals surface area contributed by atoms with E-state index in [0.717, 1.165) is 5.56 Å². The van der Waals surface area contributed by atoms with Crippen LogP contribution in [-0.2, 0) is 11.3 Å². The predicted octanol–water partition coefficient (Wildman–Crippen LogP) is 1.19. The molecule has 1 N–H and O–H groups in total. The second-order valence-corrected chi connectivity index (χ2v) is 4.42. The van der Waals surface area contributed by atoms with Crippen molar-refractivity contribution >= 4 is 11.8 Å². The van der Waals surface area contributed by atoms with Gasteiger partial charge in [-0.3, -0.25) is 4.68 Å². The van der Waals surface area contributed by atoms with Crippen LogP contribution in [0.2, 0.25) is 0 Å². The van der Waals surface area contributed by atoms with E-state index in [9.17, 15) is 4.79 Å². The number of carbonyl (C=O) groups is 1. The van der Waals surface area contributed by atoms with Gasteiger partial charge in [0.15, 0.2) is 0 Å². The summed E-state index contributed by atoms with van der Waals surface area (Å²) in [6, 6.07) is 1.78. The number of nitrogens with zero attached hydrogens (tertiary/aromatic N) is 4. The molecule has 106 valence electrons. The maximum absolute atomic E-state index is 11.4. The minimum atomic E-state index is -0.542. The van der Waals surface area contributed by atoms with Gasteiger partial charge in [-0.25, -0.2) is 14.8 Å². The van der Waals surface area contributed by atoms with Crippen LogP contribution in [0.3, 0.4) is 0 Å². The fourth-order valence-electron chi connectivity index (χ4n) is 1.73. The van der Waals surface area contributed by atoms with E-state index in [2.05, 4.69) is 25.1 Å². The zero-order valence-electron chi connectivity index (χ0n) is 11.8. The van der Waals surface area contributed by atoms with E-state index in [1.54, 1.807) is 13.0 Å².